The summed E-state index contributed by atoms with van der Waals surface area (Å²) in [7, 11) is 0. The molecule has 3 heteroatoms. The Labute approximate surface area is 90.6 Å². The van der Waals surface area contributed by atoms with Crippen molar-refractivity contribution in [3.63, 3.8) is 0 Å². The predicted molar refractivity (Wildman–Crippen MR) is 59.7 cm³/mol. The Morgan fingerprint density at radius 1 is 1.47 bits per heavy atom. The topological polar surface area (TPSA) is 56.2 Å². The van der Waals surface area contributed by atoms with E-state index in [4.69, 9.17) is 10.2 Å². The molecule has 84 valence electrons. The van der Waals surface area contributed by atoms with Crippen molar-refractivity contribution in [3.8, 4) is 0 Å². The van der Waals surface area contributed by atoms with Crippen molar-refractivity contribution in [2.24, 2.45) is 11.1 Å². The fourth-order valence-electron chi connectivity index (χ4n) is 1.53. The molecule has 0 radical (unpaired) electrons. The lowest BCUT2D eigenvalue weighted by atomic mass is 9.83. The van der Waals surface area contributed by atoms with Gasteiger partial charge >= 0.3 is 0 Å². The highest BCUT2D eigenvalue weighted by atomic mass is 16.3. The van der Waals surface area contributed by atoms with Crippen LogP contribution in [0.25, 0.3) is 0 Å². The Kier molecular flexibility index (Phi) is 4.09. The van der Waals surface area contributed by atoms with Crippen LogP contribution in [0.4, 0.5) is 0 Å². The standard InChI is InChI=1S/C12H19NO2/c1-12(2,7-8-13)6-5-10(14)11-4-3-9-15-11/h3-4,9H,5-8,13H2,1-2H3. The number of hydrogen-bond acceptors (Lipinski definition) is 3. The second-order valence-corrected chi connectivity index (χ2v) is 4.60. The van der Waals surface area contributed by atoms with E-state index in [1.165, 1.54) is 6.26 Å². The van der Waals surface area contributed by atoms with Crippen LogP contribution in [-0.4, -0.2) is 12.3 Å². The first-order valence-electron chi connectivity index (χ1n) is 5.32. The first-order chi connectivity index (χ1) is 7.05. The molecule has 2 N–H and O–H groups in total. The molecule has 0 fully saturated rings. The molecule has 0 amide bonds. The SMILES string of the molecule is CC(C)(CCN)CCC(=O)c1ccco1. The van der Waals surface area contributed by atoms with Crippen molar-refractivity contribution in [2.45, 2.75) is 33.1 Å². The summed E-state index contributed by atoms with van der Waals surface area (Å²) in [6, 6.07) is 3.44. The Bertz CT molecular complexity index is 301. The summed E-state index contributed by atoms with van der Waals surface area (Å²) in [4.78, 5) is 11.6. The van der Waals surface area contributed by atoms with E-state index in [0.29, 0.717) is 18.7 Å². The zero-order valence-corrected chi connectivity index (χ0v) is 9.45. The van der Waals surface area contributed by atoms with Gasteiger partial charge in [-0.25, -0.2) is 0 Å². The molecule has 0 aliphatic rings. The van der Waals surface area contributed by atoms with Gasteiger partial charge in [-0.3, -0.25) is 4.79 Å². The number of carbonyl (C=O) groups excluding carboxylic acids is 1. The molecule has 3 nitrogen and oxygen atoms in total. The second-order valence-electron chi connectivity index (χ2n) is 4.60. The summed E-state index contributed by atoms with van der Waals surface area (Å²) in [6.45, 7) is 4.94. The molecule has 0 unspecified atom stereocenters. The lowest BCUT2D eigenvalue weighted by Gasteiger charge is -2.22. The van der Waals surface area contributed by atoms with Gasteiger partial charge in [0.05, 0.1) is 6.26 Å². The van der Waals surface area contributed by atoms with Crippen LogP contribution in [0.5, 0.6) is 0 Å². The van der Waals surface area contributed by atoms with Gasteiger partial charge in [-0.15, -0.1) is 0 Å². The van der Waals surface area contributed by atoms with Gasteiger partial charge in [-0.1, -0.05) is 13.8 Å². The lowest BCUT2D eigenvalue weighted by Crippen LogP contribution is -2.18. The van der Waals surface area contributed by atoms with E-state index in [-0.39, 0.29) is 11.2 Å². The third-order valence-corrected chi connectivity index (χ3v) is 2.65. The zero-order chi connectivity index (χ0) is 11.3. The maximum Gasteiger partial charge on any atom is 0.197 e. The van der Waals surface area contributed by atoms with E-state index >= 15 is 0 Å². The third kappa shape index (κ3) is 3.88. The highest BCUT2D eigenvalue weighted by Crippen LogP contribution is 2.26. The monoisotopic (exact) mass is 209 g/mol. The molecule has 0 saturated carbocycles. The van der Waals surface area contributed by atoms with Crippen LogP contribution in [0.1, 0.15) is 43.7 Å². The number of carbonyl (C=O) groups is 1. The Hall–Kier alpha value is -1.09. The van der Waals surface area contributed by atoms with Crippen LogP contribution in [0, 0.1) is 5.41 Å². The number of Topliss-reactive ketones (excluding diaryl/α,β-unsaturated/α-hetero) is 1. The number of ketones is 1. The average Bonchev–Trinajstić information content (AvgIpc) is 2.67. The van der Waals surface area contributed by atoms with E-state index in [1.807, 2.05) is 0 Å². The van der Waals surface area contributed by atoms with Crippen LogP contribution in [0.3, 0.4) is 0 Å². The van der Waals surface area contributed by atoms with E-state index in [2.05, 4.69) is 13.8 Å². The largest absolute Gasteiger partial charge is 0.461 e. The summed E-state index contributed by atoms with van der Waals surface area (Å²) < 4.78 is 5.05. The summed E-state index contributed by atoms with van der Waals surface area (Å²) in [6.07, 6.45) is 3.85. The third-order valence-electron chi connectivity index (χ3n) is 2.65. The average molecular weight is 209 g/mol. The molecule has 0 aliphatic heterocycles. The number of rotatable bonds is 6. The Morgan fingerprint density at radius 3 is 2.73 bits per heavy atom. The fourth-order valence-corrected chi connectivity index (χ4v) is 1.53. The fraction of sp³-hybridized carbons (Fsp3) is 0.583. The maximum absolute atomic E-state index is 11.6. The van der Waals surface area contributed by atoms with Gasteiger partial charge < -0.3 is 10.2 Å². The van der Waals surface area contributed by atoms with Gasteiger partial charge in [0.25, 0.3) is 0 Å². The minimum Gasteiger partial charge on any atom is -0.461 e. The number of nitrogens with two attached hydrogens (primary N) is 1. The molecule has 15 heavy (non-hydrogen) atoms. The summed E-state index contributed by atoms with van der Waals surface area (Å²) >= 11 is 0. The quantitative estimate of drug-likeness (QED) is 0.733. The van der Waals surface area contributed by atoms with Crippen molar-refractivity contribution in [1.82, 2.24) is 0 Å². The van der Waals surface area contributed by atoms with E-state index < -0.39 is 0 Å². The normalized spacial score (nSPS) is 11.7. The van der Waals surface area contributed by atoms with Crippen molar-refractivity contribution in [3.05, 3.63) is 24.2 Å². The summed E-state index contributed by atoms with van der Waals surface area (Å²) in [5, 5.41) is 0. The summed E-state index contributed by atoms with van der Waals surface area (Å²) in [5.41, 5.74) is 5.65. The van der Waals surface area contributed by atoms with Gasteiger partial charge in [0.2, 0.25) is 0 Å². The highest BCUT2D eigenvalue weighted by molar-refractivity contribution is 5.93. The molecule has 0 spiro atoms. The zero-order valence-electron chi connectivity index (χ0n) is 9.45. The van der Waals surface area contributed by atoms with Crippen LogP contribution in [0.15, 0.2) is 22.8 Å². The molecule has 0 aromatic carbocycles. The minimum absolute atomic E-state index is 0.0742. The van der Waals surface area contributed by atoms with E-state index in [0.717, 1.165) is 12.8 Å². The molecule has 0 aliphatic carbocycles. The van der Waals surface area contributed by atoms with Crippen molar-refractivity contribution < 1.29 is 9.21 Å². The molecule has 1 aromatic heterocycles. The van der Waals surface area contributed by atoms with Crippen molar-refractivity contribution in [2.75, 3.05) is 6.54 Å². The van der Waals surface area contributed by atoms with Crippen LogP contribution < -0.4 is 5.73 Å². The van der Waals surface area contributed by atoms with Crippen LogP contribution in [-0.2, 0) is 0 Å². The molecule has 1 heterocycles. The van der Waals surface area contributed by atoms with Gasteiger partial charge in [-0.2, -0.15) is 0 Å². The molecule has 1 rings (SSSR count). The van der Waals surface area contributed by atoms with Crippen molar-refractivity contribution in [1.29, 1.82) is 0 Å². The maximum atomic E-state index is 11.6. The molecule has 0 atom stereocenters. The highest BCUT2D eigenvalue weighted by Gasteiger charge is 2.19. The molecular formula is C12H19NO2. The molecular weight excluding hydrogens is 190 g/mol. The van der Waals surface area contributed by atoms with E-state index in [1.54, 1.807) is 12.1 Å². The summed E-state index contributed by atoms with van der Waals surface area (Å²) in [5.74, 6) is 0.531. The van der Waals surface area contributed by atoms with Crippen LogP contribution in [0.2, 0.25) is 0 Å². The van der Waals surface area contributed by atoms with Crippen molar-refractivity contribution >= 4 is 5.78 Å². The predicted octanol–water partition coefficient (Wildman–Crippen LogP) is 2.62. The first-order valence-corrected chi connectivity index (χ1v) is 5.32. The molecule has 0 bridgehead atoms. The van der Waals surface area contributed by atoms with Gasteiger partial charge in [0.15, 0.2) is 11.5 Å². The van der Waals surface area contributed by atoms with Gasteiger partial charge in [0.1, 0.15) is 0 Å². The Morgan fingerprint density at radius 2 is 2.20 bits per heavy atom. The van der Waals surface area contributed by atoms with Crippen LogP contribution >= 0.6 is 0 Å². The second kappa shape index (κ2) is 5.12. The number of hydrogen-bond donors (Lipinski definition) is 1. The smallest absolute Gasteiger partial charge is 0.197 e. The van der Waals surface area contributed by atoms with E-state index in [9.17, 15) is 4.79 Å². The Balaban J connectivity index is 2.40. The first kappa shape index (κ1) is 12.0. The molecule has 1 aromatic rings. The molecule has 0 saturated heterocycles. The van der Waals surface area contributed by atoms with Gasteiger partial charge in [0, 0.05) is 6.42 Å². The number of furan rings is 1. The lowest BCUT2D eigenvalue weighted by molar-refractivity contribution is 0.0934. The van der Waals surface area contributed by atoms with Gasteiger partial charge in [-0.05, 0) is 36.9 Å². The minimum atomic E-state index is 0.0742.